The van der Waals surface area contributed by atoms with Crippen LogP contribution in [-0.4, -0.2) is 39.2 Å². The Balaban J connectivity index is 2.07. The van der Waals surface area contributed by atoms with E-state index in [0.29, 0.717) is 6.42 Å². The van der Waals surface area contributed by atoms with E-state index < -0.39 is 24.0 Å². The van der Waals surface area contributed by atoms with Gasteiger partial charge in [-0.3, -0.25) is 4.79 Å². The molecule has 24 heavy (non-hydrogen) atoms. The van der Waals surface area contributed by atoms with Crippen LogP contribution in [-0.2, 0) is 16.0 Å². The number of carboxylic acids is 1. The number of aromatic nitrogens is 1. The number of nitrogens with two attached hydrogens (primary N) is 1. The van der Waals surface area contributed by atoms with E-state index in [1.807, 2.05) is 13.8 Å². The van der Waals surface area contributed by atoms with Crippen molar-refractivity contribution in [2.24, 2.45) is 11.7 Å². The lowest BCUT2D eigenvalue weighted by Crippen LogP contribution is -2.49. The molecule has 1 heterocycles. The molecule has 7 heteroatoms. The zero-order valence-electron chi connectivity index (χ0n) is 13.7. The Bertz CT molecular complexity index is 739. The minimum atomic E-state index is -1.07. The summed E-state index contributed by atoms with van der Waals surface area (Å²) in [6.07, 6.45) is 2.32. The SMILES string of the molecule is CC(C)C[C@H](NC(=O)[C@@H](N)Cc1c[nH]c2ccc(O)cc12)C(=O)O. The third-order valence-electron chi connectivity index (χ3n) is 3.85. The number of phenols is 1. The number of phenolic OH excluding ortho intramolecular Hbond substituents is 1. The number of nitrogens with one attached hydrogen (secondary N) is 2. The maximum absolute atomic E-state index is 12.2. The molecule has 130 valence electrons. The van der Waals surface area contributed by atoms with Gasteiger partial charge in [-0.25, -0.2) is 4.79 Å². The molecular formula is C17H23N3O4. The highest BCUT2D eigenvalue weighted by Crippen LogP contribution is 2.23. The van der Waals surface area contributed by atoms with Gasteiger partial charge < -0.3 is 26.2 Å². The van der Waals surface area contributed by atoms with Crippen molar-refractivity contribution < 1.29 is 19.8 Å². The lowest BCUT2D eigenvalue weighted by Gasteiger charge is -2.19. The summed E-state index contributed by atoms with van der Waals surface area (Å²) in [5, 5.41) is 22.1. The van der Waals surface area contributed by atoms with Crippen LogP contribution in [0.1, 0.15) is 25.8 Å². The molecule has 7 nitrogen and oxygen atoms in total. The van der Waals surface area contributed by atoms with Crippen LogP contribution in [0.15, 0.2) is 24.4 Å². The first-order valence-corrected chi connectivity index (χ1v) is 7.85. The van der Waals surface area contributed by atoms with Gasteiger partial charge in [0.25, 0.3) is 0 Å². The van der Waals surface area contributed by atoms with Gasteiger partial charge >= 0.3 is 5.97 Å². The fraction of sp³-hybridized carbons (Fsp3) is 0.412. The van der Waals surface area contributed by atoms with Gasteiger partial charge in [-0.15, -0.1) is 0 Å². The van der Waals surface area contributed by atoms with Crippen molar-refractivity contribution in [3.63, 3.8) is 0 Å². The number of carbonyl (C=O) groups excluding carboxylic acids is 1. The van der Waals surface area contributed by atoms with Crippen LogP contribution in [0.3, 0.4) is 0 Å². The molecule has 1 aromatic carbocycles. The number of aromatic amines is 1. The van der Waals surface area contributed by atoms with E-state index in [2.05, 4.69) is 10.3 Å². The summed E-state index contributed by atoms with van der Waals surface area (Å²) >= 11 is 0. The number of hydrogen-bond donors (Lipinski definition) is 5. The van der Waals surface area contributed by atoms with Crippen molar-refractivity contribution in [3.8, 4) is 5.75 Å². The Morgan fingerprint density at radius 3 is 2.67 bits per heavy atom. The molecule has 0 aliphatic heterocycles. The van der Waals surface area contributed by atoms with Crippen LogP contribution in [0.5, 0.6) is 5.75 Å². The van der Waals surface area contributed by atoms with Crippen LogP contribution in [0.2, 0.25) is 0 Å². The van der Waals surface area contributed by atoms with E-state index in [9.17, 15) is 19.8 Å². The second-order valence-corrected chi connectivity index (χ2v) is 6.38. The van der Waals surface area contributed by atoms with E-state index in [1.165, 1.54) is 0 Å². The van der Waals surface area contributed by atoms with Gasteiger partial charge in [-0.2, -0.15) is 0 Å². The molecule has 2 aromatic rings. The highest BCUT2D eigenvalue weighted by atomic mass is 16.4. The van der Waals surface area contributed by atoms with Crippen LogP contribution in [0.4, 0.5) is 0 Å². The molecule has 0 saturated carbocycles. The summed E-state index contributed by atoms with van der Waals surface area (Å²) in [6, 6.07) is 3.09. The zero-order chi connectivity index (χ0) is 17.9. The van der Waals surface area contributed by atoms with Crippen molar-refractivity contribution in [2.75, 3.05) is 0 Å². The number of carbonyl (C=O) groups is 2. The smallest absolute Gasteiger partial charge is 0.326 e. The molecule has 2 atom stereocenters. The van der Waals surface area contributed by atoms with Crippen LogP contribution < -0.4 is 11.1 Å². The third-order valence-corrected chi connectivity index (χ3v) is 3.85. The fourth-order valence-corrected chi connectivity index (χ4v) is 2.64. The van der Waals surface area contributed by atoms with Gasteiger partial charge in [-0.1, -0.05) is 13.8 Å². The van der Waals surface area contributed by atoms with E-state index in [1.54, 1.807) is 24.4 Å². The van der Waals surface area contributed by atoms with E-state index >= 15 is 0 Å². The first kappa shape index (κ1) is 17.8. The molecule has 0 fully saturated rings. The van der Waals surface area contributed by atoms with E-state index in [-0.39, 0.29) is 18.1 Å². The standard InChI is InChI=1S/C17H23N3O4/c1-9(2)5-15(17(23)24)20-16(22)13(18)6-10-8-19-14-4-3-11(21)7-12(10)14/h3-4,7-9,13,15,19,21H,5-6,18H2,1-2H3,(H,20,22)(H,23,24)/t13-,15-/m0/s1. The van der Waals surface area contributed by atoms with Crippen molar-refractivity contribution in [2.45, 2.75) is 38.8 Å². The summed E-state index contributed by atoms with van der Waals surface area (Å²) < 4.78 is 0. The Hall–Kier alpha value is -2.54. The Morgan fingerprint density at radius 2 is 2.04 bits per heavy atom. The Labute approximate surface area is 139 Å². The van der Waals surface area contributed by atoms with Gasteiger partial charge in [0.1, 0.15) is 11.8 Å². The first-order chi connectivity index (χ1) is 11.3. The predicted octanol–water partition coefficient (Wildman–Crippen LogP) is 1.36. The summed E-state index contributed by atoms with van der Waals surface area (Å²) in [7, 11) is 0. The molecule has 0 aliphatic rings. The minimum Gasteiger partial charge on any atom is -0.508 e. The molecular weight excluding hydrogens is 310 g/mol. The number of rotatable bonds is 7. The summed E-state index contributed by atoms with van der Waals surface area (Å²) in [4.78, 5) is 26.5. The normalized spacial score (nSPS) is 13.8. The molecule has 2 rings (SSSR count). The van der Waals surface area contributed by atoms with Gasteiger partial charge in [0.05, 0.1) is 6.04 Å². The largest absolute Gasteiger partial charge is 0.508 e. The van der Waals surface area contributed by atoms with Gasteiger partial charge in [0.2, 0.25) is 5.91 Å². The average Bonchev–Trinajstić information content (AvgIpc) is 2.88. The monoisotopic (exact) mass is 333 g/mol. The molecule has 1 amide bonds. The zero-order valence-corrected chi connectivity index (χ0v) is 13.7. The topological polar surface area (TPSA) is 128 Å². The second kappa shape index (κ2) is 7.35. The van der Waals surface area contributed by atoms with Crippen molar-refractivity contribution in [1.29, 1.82) is 0 Å². The molecule has 0 saturated heterocycles. The van der Waals surface area contributed by atoms with E-state index in [4.69, 9.17) is 5.73 Å². The first-order valence-electron chi connectivity index (χ1n) is 7.85. The van der Waals surface area contributed by atoms with Crippen LogP contribution in [0.25, 0.3) is 10.9 Å². The lowest BCUT2D eigenvalue weighted by atomic mass is 10.0. The van der Waals surface area contributed by atoms with E-state index in [0.717, 1.165) is 16.5 Å². The minimum absolute atomic E-state index is 0.129. The van der Waals surface area contributed by atoms with Crippen LogP contribution >= 0.6 is 0 Å². The lowest BCUT2D eigenvalue weighted by molar-refractivity contribution is -0.142. The highest BCUT2D eigenvalue weighted by molar-refractivity contribution is 5.89. The average molecular weight is 333 g/mol. The molecule has 0 aliphatic carbocycles. The highest BCUT2D eigenvalue weighted by Gasteiger charge is 2.24. The summed E-state index contributed by atoms with van der Waals surface area (Å²) in [5.41, 5.74) is 7.56. The molecule has 0 unspecified atom stereocenters. The van der Waals surface area contributed by atoms with Crippen molar-refractivity contribution in [3.05, 3.63) is 30.0 Å². The van der Waals surface area contributed by atoms with Gasteiger partial charge in [0, 0.05) is 17.1 Å². The Morgan fingerprint density at radius 1 is 1.33 bits per heavy atom. The number of hydrogen-bond acceptors (Lipinski definition) is 4. The molecule has 0 bridgehead atoms. The maximum atomic E-state index is 12.2. The van der Waals surface area contributed by atoms with Crippen LogP contribution in [0, 0.1) is 5.92 Å². The molecule has 1 aromatic heterocycles. The molecule has 6 N–H and O–H groups in total. The third kappa shape index (κ3) is 4.26. The Kier molecular flexibility index (Phi) is 5.46. The predicted molar refractivity (Wildman–Crippen MR) is 90.7 cm³/mol. The van der Waals surface area contributed by atoms with Crippen molar-refractivity contribution >= 4 is 22.8 Å². The van der Waals surface area contributed by atoms with Gasteiger partial charge in [0.15, 0.2) is 0 Å². The molecule has 0 spiro atoms. The summed E-state index contributed by atoms with van der Waals surface area (Å²) in [6.45, 7) is 3.78. The number of fused-ring (bicyclic) bond motifs is 1. The number of H-pyrrole nitrogens is 1. The quantitative estimate of drug-likeness (QED) is 0.522. The molecule has 0 radical (unpaired) electrons. The number of aliphatic carboxylic acids is 1. The number of amides is 1. The van der Waals surface area contributed by atoms with Gasteiger partial charge in [-0.05, 0) is 42.5 Å². The van der Waals surface area contributed by atoms with Crippen molar-refractivity contribution in [1.82, 2.24) is 10.3 Å². The second-order valence-electron chi connectivity index (χ2n) is 6.38. The number of aromatic hydroxyl groups is 1. The summed E-state index contributed by atoms with van der Waals surface area (Å²) in [5.74, 6) is -1.30. The number of carboxylic acid groups (broad SMARTS) is 1. The maximum Gasteiger partial charge on any atom is 0.326 e. The number of benzene rings is 1. The fourth-order valence-electron chi connectivity index (χ4n) is 2.64.